The van der Waals surface area contributed by atoms with E-state index in [-0.39, 0.29) is 24.5 Å². The summed E-state index contributed by atoms with van der Waals surface area (Å²) in [5.74, 6) is -1.34. The number of hydrogen-bond acceptors (Lipinski definition) is 4. The molecule has 1 aliphatic carbocycles. The van der Waals surface area contributed by atoms with Crippen molar-refractivity contribution in [1.29, 1.82) is 0 Å². The van der Waals surface area contributed by atoms with Gasteiger partial charge in [-0.25, -0.2) is 4.98 Å². The van der Waals surface area contributed by atoms with Gasteiger partial charge in [-0.05, 0) is 37.3 Å². The highest BCUT2D eigenvalue weighted by Gasteiger charge is 2.40. The van der Waals surface area contributed by atoms with Gasteiger partial charge in [0, 0.05) is 31.3 Å². The molecule has 1 saturated carbocycles. The lowest BCUT2D eigenvalue weighted by Crippen LogP contribution is -2.30. The van der Waals surface area contributed by atoms with Crippen molar-refractivity contribution < 1.29 is 19.4 Å². The fourth-order valence-electron chi connectivity index (χ4n) is 4.19. The Morgan fingerprint density at radius 3 is 2.43 bits per heavy atom. The second-order valence-electron chi connectivity index (χ2n) is 7.58. The van der Waals surface area contributed by atoms with E-state index in [2.05, 4.69) is 4.98 Å². The third kappa shape index (κ3) is 3.86. The van der Waals surface area contributed by atoms with Gasteiger partial charge < -0.3 is 14.7 Å². The van der Waals surface area contributed by atoms with Gasteiger partial charge in [-0.2, -0.15) is 0 Å². The number of likely N-dealkylation sites (tertiary alicyclic amines) is 1. The number of carboxylic acid groups (broad SMARTS) is 1. The maximum atomic E-state index is 12.9. The van der Waals surface area contributed by atoms with Gasteiger partial charge in [0.15, 0.2) is 0 Å². The molecule has 1 aromatic carbocycles. The first-order valence-electron chi connectivity index (χ1n) is 9.81. The molecule has 0 radical (unpaired) electrons. The summed E-state index contributed by atoms with van der Waals surface area (Å²) in [5.41, 5.74) is 1.40. The number of aromatic nitrogens is 1. The molecule has 0 bridgehead atoms. The average molecular weight is 380 g/mol. The van der Waals surface area contributed by atoms with Gasteiger partial charge in [0.1, 0.15) is 6.10 Å². The van der Waals surface area contributed by atoms with Crippen LogP contribution in [0.5, 0.6) is 5.88 Å². The zero-order valence-corrected chi connectivity index (χ0v) is 15.7. The quantitative estimate of drug-likeness (QED) is 0.861. The monoisotopic (exact) mass is 380 g/mol. The molecule has 2 fully saturated rings. The number of benzene rings is 1. The van der Waals surface area contributed by atoms with Gasteiger partial charge in [0.25, 0.3) is 5.91 Å². The van der Waals surface area contributed by atoms with E-state index in [1.165, 1.54) is 19.0 Å². The zero-order valence-electron chi connectivity index (χ0n) is 15.7. The van der Waals surface area contributed by atoms with E-state index in [1.807, 2.05) is 30.3 Å². The number of nitrogens with zero attached hydrogens (tertiary/aromatic N) is 2. The van der Waals surface area contributed by atoms with Crippen molar-refractivity contribution in [3.63, 3.8) is 0 Å². The van der Waals surface area contributed by atoms with Gasteiger partial charge >= 0.3 is 5.97 Å². The van der Waals surface area contributed by atoms with Gasteiger partial charge in [0.2, 0.25) is 5.88 Å². The van der Waals surface area contributed by atoms with Crippen LogP contribution in [0, 0.1) is 5.92 Å². The minimum atomic E-state index is -0.873. The molecular formula is C22H24N2O4. The van der Waals surface area contributed by atoms with Crippen LogP contribution < -0.4 is 4.74 Å². The number of pyridine rings is 1. The van der Waals surface area contributed by atoms with Crippen molar-refractivity contribution in [1.82, 2.24) is 9.88 Å². The van der Waals surface area contributed by atoms with Crippen LogP contribution in [0.1, 0.15) is 47.5 Å². The lowest BCUT2D eigenvalue weighted by molar-refractivity contribution is -0.141. The van der Waals surface area contributed by atoms with Crippen LogP contribution in [-0.4, -0.2) is 46.1 Å². The van der Waals surface area contributed by atoms with E-state index < -0.39 is 11.9 Å². The number of hydrogen-bond donors (Lipinski definition) is 1. The highest BCUT2D eigenvalue weighted by Crippen LogP contribution is 2.33. The van der Waals surface area contributed by atoms with Crippen molar-refractivity contribution in [3.8, 4) is 5.88 Å². The first kappa shape index (κ1) is 18.5. The van der Waals surface area contributed by atoms with E-state index in [1.54, 1.807) is 17.0 Å². The molecule has 1 amide bonds. The van der Waals surface area contributed by atoms with Crippen LogP contribution in [-0.2, 0) is 4.79 Å². The SMILES string of the molecule is O=C(O)[C@@H]1CN(C(=O)c2ccc(OC3CCCC3)nc2)C[C@@H]1c1ccccc1. The van der Waals surface area contributed by atoms with E-state index in [4.69, 9.17) is 4.74 Å². The largest absolute Gasteiger partial charge is 0.481 e. The molecule has 1 aromatic heterocycles. The van der Waals surface area contributed by atoms with E-state index >= 15 is 0 Å². The first-order chi connectivity index (χ1) is 13.6. The molecule has 6 nitrogen and oxygen atoms in total. The topological polar surface area (TPSA) is 79.7 Å². The van der Waals surface area contributed by atoms with Crippen molar-refractivity contribution in [3.05, 3.63) is 59.8 Å². The molecule has 2 atom stereocenters. The van der Waals surface area contributed by atoms with Crippen molar-refractivity contribution in [2.45, 2.75) is 37.7 Å². The van der Waals surface area contributed by atoms with Gasteiger partial charge in [-0.1, -0.05) is 30.3 Å². The van der Waals surface area contributed by atoms with Crippen LogP contribution in [0.25, 0.3) is 0 Å². The number of amides is 1. The molecule has 0 spiro atoms. The summed E-state index contributed by atoms with van der Waals surface area (Å²) in [5, 5.41) is 9.62. The van der Waals surface area contributed by atoms with E-state index in [0.29, 0.717) is 18.0 Å². The number of rotatable bonds is 5. The van der Waals surface area contributed by atoms with Gasteiger partial charge in [-0.3, -0.25) is 9.59 Å². The normalized spacial score (nSPS) is 22.4. The third-order valence-corrected chi connectivity index (χ3v) is 5.72. The molecule has 2 aliphatic rings. The van der Waals surface area contributed by atoms with Crippen LogP contribution >= 0.6 is 0 Å². The van der Waals surface area contributed by atoms with Crippen LogP contribution in [0.2, 0.25) is 0 Å². The van der Waals surface area contributed by atoms with E-state index in [9.17, 15) is 14.7 Å². The molecule has 0 unspecified atom stereocenters. The third-order valence-electron chi connectivity index (χ3n) is 5.72. The fourth-order valence-corrected chi connectivity index (χ4v) is 4.19. The van der Waals surface area contributed by atoms with Crippen molar-refractivity contribution in [2.75, 3.05) is 13.1 Å². The molecule has 4 rings (SSSR count). The molecule has 2 heterocycles. The number of carbonyl (C=O) groups excluding carboxylic acids is 1. The molecule has 6 heteroatoms. The molecular weight excluding hydrogens is 356 g/mol. The predicted octanol–water partition coefficient (Wildman–Crippen LogP) is 3.34. The fraction of sp³-hybridized carbons (Fsp3) is 0.409. The van der Waals surface area contributed by atoms with Crippen LogP contribution in [0.3, 0.4) is 0 Å². The second kappa shape index (κ2) is 8.00. The second-order valence-corrected chi connectivity index (χ2v) is 7.58. The predicted molar refractivity (Wildman–Crippen MR) is 103 cm³/mol. The average Bonchev–Trinajstić information content (AvgIpc) is 3.39. The first-order valence-corrected chi connectivity index (χ1v) is 9.81. The van der Waals surface area contributed by atoms with Gasteiger partial charge in [-0.15, -0.1) is 0 Å². The van der Waals surface area contributed by atoms with Crippen molar-refractivity contribution in [2.24, 2.45) is 5.92 Å². The van der Waals surface area contributed by atoms with E-state index in [0.717, 1.165) is 18.4 Å². The Balaban J connectivity index is 1.46. The number of carboxylic acids is 1. The molecule has 146 valence electrons. The number of aliphatic carboxylic acids is 1. The zero-order chi connectivity index (χ0) is 19.5. The summed E-state index contributed by atoms with van der Waals surface area (Å²) in [4.78, 5) is 30.5. The van der Waals surface area contributed by atoms with Crippen molar-refractivity contribution >= 4 is 11.9 Å². The Labute approximate surface area is 164 Å². The molecule has 1 saturated heterocycles. The standard InChI is InChI=1S/C22H24N2O4/c25-21(16-10-11-20(23-12-16)28-17-8-4-5-9-17)24-13-18(19(14-24)22(26)27)15-6-2-1-3-7-15/h1-3,6-7,10-12,17-19H,4-5,8-9,13-14H2,(H,26,27)/t18-,19-/m1/s1. The lowest BCUT2D eigenvalue weighted by atomic mass is 9.89. The van der Waals surface area contributed by atoms with Gasteiger partial charge in [0.05, 0.1) is 11.5 Å². The Bertz CT molecular complexity index is 831. The summed E-state index contributed by atoms with van der Waals surface area (Å²) >= 11 is 0. The summed E-state index contributed by atoms with van der Waals surface area (Å²) in [7, 11) is 0. The summed E-state index contributed by atoms with van der Waals surface area (Å²) in [6.07, 6.45) is 6.21. The maximum absolute atomic E-state index is 12.9. The Hall–Kier alpha value is -2.89. The number of ether oxygens (including phenoxy) is 1. The summed E-state index contributed by atoms with van der Waals surface area (Å²) < 4.78 is 5.85. The van der Waals surface area contributed by atoms with Crippen LogP contribution in [0.4, 0.5) is 0 Å². The lowest BCUT2D eigenvalue weighted by Gasteiger charge is -2.17. The molecule has 28 heavy (non-hydrogen) atoms. The Morgan fingerprint density at radius 2 is 1.79 bits per heavy atom. The highest BCUT2D eigenvalue weighted by molar-refractivity contribution is 5.94. The Morgan fingerprint density at radius 1 is 1.04 bits per heavy atom. The Kier molecular flexibility index (Phi) is 5.28. The minimum Gasteiger partial charge on any atom is -0.481 e. The van der Waals surface area contributed by atoms with Crippen LogP contribution in [0.15, 0.2) is 48.7 Å². The molecule has 1 aliphatic heterocycles. The smallest absolute Gasteiger partial charge is 0.308 e. The highest BCUT2D eigenvalue weighted by atomic mass is 16.5. The summed E-state index contributed by atoms with van der Waals surface area (Å²) in [6.45, 7) is 0.591. The molecule has 1 N–H and O–H groups in total. The molecule has 2 aromatic rings. The number of carbonyl (C=O) groups is 2. The maximum Gasteiger partial charge on any atom is 0.308 e. The minimum absolute atomic E-state index is 0.190. The summed E-state index contributed by atoms with van der Waals surface area (Å²) in [6, 6.07) is 13.0.